The van der Waals surface area contributed by atoms with Crippen molar-refractivity contribution in [3.05, 3.63) is 77.4 Å². The Morgan fingerprint density at radius 3 is 1.83 bits per heavy atom. The zero-order valence-corrected chi connectivity index (χ0v) is 23.2. The summed E-state index contributed by atoms with van der Waals surface area (Å²) in [6, 6.07) is 20.9. The fraction of sp³-hybridized carbons (Fsp3) is 0.310. The molecule has 0 aliphatic heterocycles. The van der Waals surface area contributed by atoms with E-state index in [0.29, 0.717) is 24.4 Å². The molecule has 0 heterocycles. The first-order valence-corrected chi connectivity index (χ1v) is 12.1. The largest absolute Gasteiger partial charge is 0.493 e. The molecule has 0 aliphatic rings. The molecular weight excluding hydrogens is 477 g/mol. The van der Waals surface area contributed by atoms with E-state index in [-0.39, 0.29) is 5.41 Å². The second-order valence-corrected chi connectivity index (χ2v) is 9.28. The van der Waals surface area contributed by atoms with Crippen LogP contribution in [0.4, 0.5) is 10.1 Å². The SMILES string of the molecule is CF.CO.COc1cc(/C=C\c2cccc(NSc3ccc(C(C)(C)C)cc3)c2)cc(OC)c1OC. The van der Waals surface area contributed by atoms with Crippen LogP contribution in [0.1, 0.15) is 37.5 Å². The van der Waals surface area contributed by atoms with Gasteiger partial charge in [-0.15, -0.1) is 0 Å². The highest BCUT2D eigenvalue weighted by Gasteiger charge is 2.13. The van der Waals surface area contributed by atoms with Crippen molar-refractivity contribution in [1.29, 1.82) is 0 Å². The number of ether oxygens (including phenoxy) is 3. The molecule has 196 valence electrons. The minimum atomic E-state index is 0.162. The van der Waals surface area contributed by atoms with Gasteiger partial charge in [0.2, 0.25) is 5.75 Å². The monoisotopic (exact) mass is 515 g/mol. The number of halogens is 1. The first-order valence-electron chi connectivity index (χ1n) is 11.3. The maximum absolute atomic E-state index is 9.50. The molecule has 0 aliphatic carbocycles. The summed E-state index contributed by atoms with van der Waals surface area (Å²) in [4.78, 5) is 1.18. The second kappa shape index (κ2) is 15.8. The zero-order chi connectivity index (χ0) is 27.1. The number of hydrogen-bond acceptors (Lipinski definition) is 6. The van der Waals surface area contributed by atoms with Crippen molar-refractivity contribution in [3.63, 3.8) is 0 Å². The molecule has 0 spiro atoms. The molecule has 36 heavy (non-hydrogen) atoms. The molecule has 0 fully saturated rings. The summed E-state index contributed by atoms with van der Waals surface area (Å²) in [5.74, 6) is 1.86. The number of aliphatic hydroxyl groups excluding tert-OH is 1. The Labute approximate surface area is 219 Å². The third-order valence-electron chi connectivity index (χ3n) is 5.05. The van der Waals surface area contributed by atoms with E-state index in [4.69, 9.17) is 19.3 Å². The molecule has 3 aromatic rings. The average molecular weight is 516 g/mol. The summed E-state index contributed by atoms with van der Waals surface area (Å²) >= 11 is 1.61. The third kappa shape index (κ3) is 9.13. The van der Waals surface area contributed by atoms with Crippen molar-refractivity contribution in [1.82, 2.24) is 0 Å². The number of hydrogen-bond donors (Lipinski definition) is 2. The van der Waals surface area contributed by atoms with Gasteiger partial charge in [-0.05, 0) is 70.5 Å². The van der Waals surface area contributed by atoms with Crippen LogP contribution >= 0.6 is 11.9 Å². The molecule has 0 unspecified atom stereocenters. The summed E-state index contributed by atoms with van der Waals surface area (Å²) in [6.45, 7) is 6.68. The van der Waals surface area contributed by atoms with Crippen LogP contribution in [0.3, 0.4) is 0 Å². The Balaban J connectivity index is 0.00000154. The first kappa shape index (κ1) is 30.9. The lowest BCUT2D eigenvalue weighted by molar-refractivity contribution is 0.324. The number of alkyl halides is 1. The molecule has 7 heteroatoms. The van der Waals surface area contributed by atoms with Gasteiger partial charge >= 0.3 is 0 Å². The molecule has 0 aromatic heterocycles. The molecular formula is C29H38FNO4S. The van der Waals surface area contributed by atoms with Gasteiger partial charge in [-0.2, -0.15) is 0 Å². The fourth-order valence-electron chi connectivity index (χ4n) is 3.24. The maximum Gasteiger partial charge on any atom is 0.203 e. The van der Waals surface area contributed by atoms with Crippen LogP contribution in [0.5, 0.6) is 17.2 Å². The van der Waals surface area contributed by atoms with Crippen LogP contribution in [-0.2, 0) is 5.41 Å². The van der Waals surface area contributed by atoms with E-state index in [1.807, 2.05) is 24.3 Å². The number of nitrogens with one attached hydrogen (secondary N) is 1. The highest BCUT2D eigenvalue weighted by molar-refractivity contribution is 8.00. The Morgan fingerprint density at radius 2 is 1.33 bits per heavy atom. The quantitative estimate of drug-likeness (QED) is 0.239. The lowest BCUT2D eigenvalue weighted by Gasteiger charge is -2.19. The standard InChI is InChI=1S/C27H31NO3S.CH3F.CH4O/c1-27(2,3)21-12-14-23(15-13-21)32-28-22-9-7-8-19(16-22)10-11-20-17-24(29-4)26(31-6)25(18-20)30-5;2*1-2/h7-18,28H,1-6H3;1H3;2H,1H3/b11-10-;;. The number of methoxy groups -OCH3 is 3. The van der Waals surface area contributed by atoms with Crippen molar-refractivity contribution in [3.8, 4) is 17.2 Å². The predicted octanol–water partition coefficient (Wildman–Crippen LogP) is 7.49. The van der Waals surface area contributed by atoms with E-state index in [9.17, 15) is 4.39 Å². The molecule has 0 bridgehead atoms. The van der Waals surface area contributed by atoms with Gasteiger partial charge in [0, 0.05) is 17.7 Å². The summed E-state index contributed by atoms with van der Waals surface area (Å²) < 4.78 is 29.2. The predicted molar refractivity (Wildman–Crippen MR) is 151 cm³/mol. The van der Waals surface area contributed by atoms with E-state index in [0.717, 1.165) is 23.9 Å². The summed E-state index contributed by atoms with van der Waals surface area (Å²) in [5.41, 5.74) is 4.59. The summed E-state index contributed by atoms with van der Waals surface area (Å²) in [7, 11) is 6.34. The molecule has 0 atom stereocenters. The minimum absolute atomic E-state index is 0.162. The topological polar surface area (TPSA) is 60.0 Å². The first-order chi connectivity index (χ1) is 17.3. The van der Waals surface area contributed by atoms with Crippen LogP contribution in [0.15, 0.2) is 65.6 Å². The smallest absolute Gasteiger partial charge is 0.203 e. The van der Waals surface area contributed by atoms with E-state index in [2.05, 4.69) is 74.0 Å². The van der Waals surface area contributed by atoms with E-state index < -0.39 is 0 Å². The Hall–Kier alpha value is -3.16. The molecule has 0 saturated heterocycles. The van der Waals surface area contributed by atoms with Gasteiger partial charge in [-0.3, -0.25) is 4.39 Å². The Morgan fingerprint density at radius 1 is 0.778 bits per heavy atom. The molecule has 3 rings (SSSR count). The Bertz CT molecular complexity index is 1050. The van der Waals surface area contributed by atoms with Crippen molar-refractivity contribution in [2.45, 2.75) is 31.1 Å². The number of aliphatic hydroxyl groups is 1. The normalized spacial score (nSPS) is 10.5. The summed E-state index contributed by atoms with van der Waals surface area (Å²) in [6.07, 6.45) is 4.09. The molecule has 0 saturated carbocycles. The molecule has 3 aromatic carbocycles. The van der Waals surface area contributed by atoms with E-state index in [1.54, 1.807) is 33.3 Å². The maximum atomic E-state index is 9.50. The average Bonchev–Trinajstić information content (AvgIpc) is 2.92. The van der Waals surface area contributed by atoms with Crippen LogP contribution in [0.25, 0.3) is 12.2 Å². The van der Waals surface area contributed by atoms with Crippen molar-refractivity contribution >= 4 is 29.8 Å². The van der Waals surface area contributed by atoms with Gasteiger partial charge < -0.3 is 24.0 Å². The van der Waals surface area contributed by atoms with Gasteiger partial charge in [-0.25, -0.2) is 0 Å². The van der Waals surface area contributed by atoms with Crippen LogP contribution in [-0.4, -0.2) is 40.7 Å². The van der Waals surface area contributed by atoms with Crippen LogP contribution in [0.2, 0.25) is 0 Å². The number of benzene rings is 3. The highest BCUT2D eigenvalue weighted by Crippen LogP contribution is 2.38. The van der Waals surface area contributed by atoms with Crippen LogP contribution in [0, 0.1) is 0 Å². The van der Waals surface area contributed by atoms with Gasteiger partial charge in [0.05, 0.1) is 28.5 Å². The van der Waals surface area contributed by atoms with Gasteiger partial charge in [0.25, 0.3) is 0 Å². The van der Waals surface area contributed by atoms with Gasteiger partial charge in [0.1, 0.15) is 0 Å². The zero-order valence-electron chi connectivity index (χ0n) is 22.4. The van der Waals surface area contributed by atoms with E-state index >= 15 is 0 Å². The van der Waals surface area contributed by atoms with Crippen molar-refractivity contribution < 1.29 is 23.7 Å². The van der Waals surface area contributed by atoms with E-state index in [1.165, 1.54) is 10.5 Å². The van der Waals surface area contributed by atoms with Crippen LogP contribution < -0.4 is 18.9 Å². The molecule has 0 amide bonds. The second-order valence-electron chi connectivity index (χ2n) is 8.40. The molecule has 5 nitrogen and oxygen atoms in total. The lowest BCUT2D eigenvalue weighted by Crippen LogP contribution is -2.10. The van der Waals surface area contributed by atoms with Gasteiger partial charge in [0.15, 0.2) is 11.5 Å². The molecule has 0 radical (unpaired) electrons. The minimum Gasteiger partial charge on any atom is -0.493 e. The fourth-order valence-corrected chi connectivity index (χ4v) is 3.87. The number of anilines is 1. The van der Waals surface area contributed by atoms with Gasteiger partial charge in [-0.1, -0.05) is 57.2 Å². The lowest BCUT2D eigenvalue weighted by atomic mass is 9.87. The molecule has 2 N–H and O–H groups in total. The highest BCUT2D eigenvalue weighted by atomic mass is 32.2. The summed E-state index contributed by atoms with van der Waals surface area (Å²) in [5, 5.41) is 7.00. The Kier molecular flexibility index (Phi) is 13.5. The van der Waals surface area contributed by atoms with Crippen molar-refractivity contribution in [2.75, 3.05) is 40.3 Å². The number of rotatable bonds is 8. The third-order valence-corrected chi connectivity index (χ3v) is 5.89. The van der Waals surface area contributed by atoms with Crippen molar-refractivity contribution in [2.24, 2.45) is 0 Å².